The Labute approximate surface area is 192 Å². The van der Waals surface area contributed by atoms with Gasteiger partial charge in [0.25, 0.3) is 15.9 Å². The minimum atomic E-state index is -4.60. The van der Waals surface area contributed by atoms with E-state index in [0.717, 1.165) is 12.1 Å². The highest BCUT2D eigenvalue weighted by molar-refractivity contribution is 7.92. The minimum absolute atomic E-state index is 0.198. The van der Waals surface area contributed by atoms with Crippen LogP contribution in [0.1, 0.15) is 21.7 Å². The molecule has 2 N–H and O–H groups in total. The van der Waals surface area contributed by atoms with Crippen molar-refractivity contribution in [3.05, 3.63) is 89.9 Å². The summed E-state index contributed by atoms with van der Waals surface area (Å²) in [5.41, 5.74) is -0.278. The number of halogens is 3. The second-order valence-corrected chi connectivity index (χ2v) is 8.94. The molecule has 0 aliphatic rings. The molecule has 0 radical (unpaired) electrons. The average Bonchev–Trinajstić information content (AvgIpc) is 3.21. The lowest BCUT2D eigenvalue weighted by atomic mass is 10.2. The SMILES string of the molecule is O=C(NCCc1nnc2ccccn12)c1ccc(S(=O)(=O)Nc2cccc(C(F)(F)F)c2)cc1. The second kappa shape index (κ2) is 9.14. The molecule has 0 unspecified atom stereocenters. The van der Waals surface area contributed by atoms with Gasteiger partial charge < -0.3 is 5.32 Å². The van der Waals surface area contributed by atoms with E-state index in [2.05, 4.69) is 20.2 Å². The highest BCUT2D eigenvalue weighted by Crippen LogP contribution is 2.31. The number of rotatable bonds is 7. The molecule has 0 spiro atoms. The largest absolute Gasteiger partial charge is 0.416 e. The maximum absolute atomic E-state index is 12.9. The lowest BCUT2D eigenvalue weighted by Gasteiger charge is -2.11. The zero-order valence-corrected chi connectivity index (χ0v) is 18.3. The molecule has 0 aliphatic heterocycles. The van der Waals surface area contributed by atoms with E-state index in [1.165, 1.54) is 30.3 Å². The Kier molecular flexibility index (Phi) is 6.24. The van der Waals surface area contributed by atoms with Gasteiger partial charge >= 0.3 is 6.18 Å². The van der Waals surface area contributed by atoms with E-state index in [0.29, 0.717) is 24.0 Å². The third-order valence-electron chi connectivity index (χ3n) is 4.89. The fourth-order valence-corrected chi connectivity index (χ4v) is 4.26. The molecule has 0 atom stereocenters. The molecule has 4 rings (SSSR count). The first kappa shape index (κ1) is 23.2. The van der Waals surface area contributed by atoms with Gasteiger partial charge in [-0.25, -0.2) is 8.42 Å². The molecule has 0 saturated carbocycles. The summed E-state index contributed by atoms with van der Waals surface area (Å²) in [6, 6.07) is 14.4. The number of anilines is 1. The van der Waals surface area contributed by atoms with Crippen LogP contribution in [0.25, 0.3) is 5.65 Å². The fraction of sp³-hybridized carbons (Fsp3) is 0.136. The predicted molar refractivity (Wildman–Crippen MR) is 118 cm³/mol. The molecule has 0 saturated heterocycles. The first-order valence-corrected chi connectivity index (χ1v) is 11.5. The van der Waals surface area contributed by atoms with Gasteiger partial charge in [-0.05, 0) is 54.6 Å². The molecular formula is C22H18F3N5O3S. The number of nitrogens with one attached hydrogen (secondary N) is 2. The molecule has 0 bridgehead atoms. The lowest BCUT2D eigenvalue weighted by Crippen LogP contribution is -2.26. The highest BCUT2D eigenvalue weighted by atomic mass is 32.2. The predicted octanol–water partition coefficient (Wildman–Crippen LogP) is 3.52. The van der Waals surface area contributed by atoms with Crippen LogP contribution in [0.5, 0.6) is 0 Å². The summed E-state index contributed by atoms with van der Waals surface area (Å²) in [6.07, 6.45) is -2.35. The molecule has 2 heterocycles. The monoisotopic (exact) mass is 489 g/mol. The van der Waals surface area contributed by atoms with Crippen molar-refractivity contribution in [1.82, 2.24) is 19.9 Å². The number of alkyl halides is 3. The van der Waals surface area contributed by atoms with E-state index in [9.17, 15) is 26.4 Å². The Hall–Kier alpha value is -3.93. The Balaban J connectivity index is 1.38. The molecule has 176 valence electrons. The van der Waals surface area contributed by atoms with E-state index in [1.807, 2.05) is 28.8 Å². The van der Waals surface area contributed by atoms with Crippen LogP contribution in [0.2, 0.25) is 0 Å². The number of carbonyl (C=O) groups excluding carboxylic acids is 1. The van der Waals surface area contributed by atoms with Gasteiger partial charge in [-0.15, -0.1) is 10.2 Å². The van der Waals surface area contributed by atoms with Crippen molar-refractivity contribution in [1.29, 1.82) is 0 Å². The van der Waals surface area contributed by atoms with Crippen LogP contribution in [-0.2, 0) is 22.6 Å². The fourth-order valence-electron chi connectivity index (χ4n) is 3.21. The molecule has 34 heavy (non-hydrogen) atoms. The third-order valence-corrected chi connectivity index (χ3v) is 6.28. The maximum Gasteiger partial charge on any atom is 0.416 e. The van der Waals surface area contributed by atoms with Crippen LogP contribution in [0.3, 0.4) is 0 Å². The van der Waals surface area contributed by atoms with Gasteiger partial charge in [-0.3, -0.25) is 13.9 Å². The van der Waals surface area contributed by atoms with Crippen molar-refractivity contribution in [2.45, 2.75) is 17.5 Å². The van der Waals surface area contributed by atoms with Crippen LogP contribution in [0, 0.1) is 0 Å². The Morgan fingerprint density at radius 2 is 1.74 bits per heavy atom. The van der Waals surface area contributed by atoms with E-state index in [1.54, 1.807) is 0 Å². The van der Waals surface area contributed by atoms with E-state index >= 15 is 0 Å². The van der Waals surface area contributed by atoms with Gasteiger partial charge in [0.15, 0.2) is 5.65 Å². The second-order valence-electron chi connectivity index (χ2n) is 7.26. The molecule has 0 fully saturated rings. The third kappa shape index (κ3) is 5.17. The number of pyridine rings is 1. The summed E-state index contributed by atoms with van der Waals surface area (Å²) in [4.78, 5) is 12.2. The van der Waals surface area contributed by atoms with Crippen molar-refractivity contribution < 1.29 is 26.4 Å². The Morgan fingerprint density at radius 3 is 2.47 bits per heavy atom. The number of aromatic nitrogens is 3. The van der Waals surface area contributed by atoms with Crippen molar-refractivity contribution >= 4 is 27.3 Å². The summed E-state index contributed by atoms with van der Waals surface area (Å²) in [6.45, 7) is 0.283. The van der Waals surface area contributed by atoms with Crippen molar-refractivity contribution in [2.75, 3.05) is 11.3 Å². The average molecular weight is 489 g/mol. The molecule has 1 amide bonds. The summed E-state index contributed by atoms with van der Waals surface area (Å²) >= 11 is 0. The summed E-state index contributed by atoms with van der Waals surface area (Å²) < 4.78 is 67.6. The number of amides is 1. The van der Waals surface area contributed by atoms with Crippen LogP contribution in [0.4, 0.5) is 18.9 Å². The van der Waals surface area contributed by atoms with Gasteiger partial charge in [-0.2, -0.15) is 13.2 Å². The van der Waals surface area contributed by atoms with Crippen LogP contribution < -0.4 is 10.0 Å². The summed E-state index contributed by atoms with van der Waals surface area (Å²) in [5, 5.41) is 10.8. The minimum Gasteiger partial charge on any atom is -0.352 e. The first-order chi connectivity index (χ1) is 16.1. The van der Waals surface area contributed by atoms with Crippen molar-refractivity contribution in [3.8, 4) is 0 Å². The molecule has 8 nitrogen and oxygen atoms in total. The van der Waals surface area contributed by atoms with Crippen LogP contribution >= 0.6 is 0 Å². The molecule has 12 heteroatoms. The van der Waals surface area contributed by atoms with E-state index in [-0.39, 0.29) is 22.7 Å². The van der Waals surface area contributed by atoms with Gasteiger partial charge in [0.05, 0.1) is 10.5 Å². The van der Waals surface area contributed by atoms with Crippen molar-refractivity contribution in [3.63, 3.8) is 0 Å². The van der Waals surface area contributed by atoms with Gasteiger partial charge in [0.1, 0.15) is 5.82 Å². The van der Waals surface area contributed by atoms with Gasteiger partial charge in [-0.1, -0.05) is 12.1 Å². The number of benzene rings is 2. The molecule has 4 aromatic rings. The number of carbonyl (C=O) groups is 1. The molecule has 2 aromatic carbocycles. The number of hydrogen-bond donors (Lipinski definition) is 2. The summed E-state index contributed by atoms with van der Waals surface area (Å²) in [7, 11) is -4.15. The quantitative estimate of drug-likeness (QED) is 0.413. The molecule has 0 aliphatic carbocycles. The topological polar surface area (TPSA) is 105 Å². The number of fused-ring (bicyclic) bond motifs is 1. The first-order valence-electron chi connectivity index (χ1n) is 10.0. The van der Waals surface area contributed by atoms with Crippen LogP contribution in [-0.4, -0.2) is 35.5 Å². The zero-order chi connectivity index (χ0) is 24.3. The summed E-state index contributed by atoms with van der Waals surface area (Å²) in [5.74, 6) is 0.265. The van der Waals surface area contributed by atoms with E-state index < -0.39 is 27.7 Å². The van der Waals surface area contributed by atoms with E-state index in [4.69, 9.17) is 0 Å². The normalized spacial score (nSPS) is 12.0. The highest BCUT2D eigenvalue weighted by Gasteiger charge is 2.30. The van der Waals surface area contributed by atoms with Gasteiger partial charge in [0, 0.05) is 30.4 Å². The Bertz CT molecular complexity index is 1430. The zero-order valence-electron chi connectivity index (χ0n) is 17.5. The number of nitrogens with zero attached hydrogens (tertiary/aromatic N) is 3. The maximum atomic E-state index is 12.9. The number of hydrogen-bond acceptors (Lipinski definition) is 5. The molecule has 2 aromatic heterocycles. The van der Waals surface area contributed by atoms with Crippen molar-refractivity contribution in [2.24, 2.45) is 0 Å². The van der Waals surface area contributed by atoms with Crippen LogP contribution in [0.15, 0.2) is 77.8 Å². The lowest BCUT2D eigenvalue weighted by molar-refractivity contribution is -0.137. The smallest absolute Gasteiger partial charge is 0.352 e. The van der Waals surface area contributed by atoms with Gasteiger partial charge in [0.2, 0.25) is 0 Å². The number of sulfonamides is 1. The molecular weight excluding hydrogens is 471 g/mol. The Morgan fingerprint density at radius 1 is 0.971 bits per heavy atom. The standard InChI is InChI=1S/C22H18F3N5O3S/c23-22(24,25)16-4-3-5-17(14-16)29-34(32,33)18-9-7-15(8-10-18)21(31)26-12-11-20-28-27-19-6-1-2-13-30(19)20/h1-10,13-14,29H,11-12H2,(H,26,31).